The van der Waals surface area contributed by atoms with Crippen LogP contribution in [-0.2, 0) is 0 Å². The van der Waals surface area contributed by atoms with Gasteiger partial charge in [-0.2, -0.15) is 0 Å². The van der Waals surface area contributed by atoms with Crippen LogP contribution in [0.5, 0.6) is 0 Å². The molecule has 0 unspecified atom stereocenters. The van der Waals surface area contributed by atoms with Gasteiger partial charge in [-0.15, -0.1) is 0 Å². The Morgan fingerprint density at radius 3 is 2.52 bits per heavy atom. The van der Waals surface area contributed by atoms with Gasteiger partial charge >= 0.3 is 0 Å². The number of carbonyl (C=O) groups excluding carboxylic acids is 1. The van der Waals surface area contributed by atoms with Crippen molar-refractivity contribution in [3.8, 4) is 11.8 Å². The minimum Gasteiger partial charge on any atom is -0.395 e. The number of aliphatic hydroxyl groups is 1. The smallest absolute Gasteiger partial charge is 0.251 e. The molecule has 0 heterocycles. The predicted molar refractivity (Wildman–Crippen MR) is 84.0 cm³/mol. The van der Waals surface area contributed by atoms with Crippen LogP contribution in [0.2, 0.25) is 0 Å². The number of benzene rings is 1. The molecule has 1 saturated carbocycles. The average Bonchev–Trinajstić information content (AvgIpc) is 2.48. The molecule has 3 nitrogen and oxygen atoms in total. The fourth-order valence-electron chi connectivity index (χ4n) is 2.73. The third kappa shape index (κ3) is 4.61. The molecule has 2 N–H and O–H groups in total. The summed E-state index contributed by atoms with van der Waals surface area (Å²) in [6.07, 6.45) is 6.24. The largest absolute Gasteiger partial charge is 0.395 e. The Kier molecular flexibility index (Phi) is 5.41. The van der Waals surface area contributed by atoms with Crippen LogP contribution in [0.15, 0.2) is 24.3 Å². The van der Waals surface area contributed by atoms with Crippen molar-refractivity contribution in [2.45, 2.75) is 51.0 Å². The van der Waals surface area contributed by atoms with E-state index in [0.717, 1.165) is 18.4 Å². The van der Waals surface area contributed by atoms with Crippen molar-refractivity contribution in [2.75, 3.05) is 6.61 Å². The van der Waals surface area contributed by atoms with E-state index < -0.39 is 0 Å². The Labute approximate surface area is 126 Å². The van der Waals surface area contributed by atoms with Gasteiger partial charge in [0, 0.05) is 23.1 Å². The van der Waals surface area contributed by atoms with Gasteiger partial charge in [-0.05, 0) is 44.0 Å². The highest BCUT2D eigenvalue weighted by molar-refractivity contribution is 5.94. The molecule has 1 amide bonds. The molecule has 0 radical (unpaired) electrons. The Bertz CT molecular complexity index is 531. The van der Waals surface area contributed by atoms with E-state index >= 15 is 0 Å². The Morgan fingerprint density at radius 2 is 1.90 bits per heavy atom. The van der Waals surface area contributed by atoms with Gasteiger partial charge in [-0.25, -0.2) is 0 Å². The molecule has 112 valence electrons. The van der Waals surface area contributed by atoms with E-state index in [-0.39, 0.29) is 18.1 Å². The molecule has 1 fully saturated rings. The first-order valence-electron chi connectivity index (χ1n) is 7.65. The van der Waals surface area contributed by atoms with Crippen LogP contribution >= 0.6 is 0 Å². The van der Waals surface area contributed by atoms with E-state index in [9.17, 15) is 4.79 Å². The van der Waals surface area contributed by atoms with Gasteiger partial charge in [0.15, 0.2) is 0 Å². The number of carbonyl (C=O) groups is 1. The molecular weight excluding hydrogens is 262 g/mol. The quantitative estimate of drug-likeness (QED) is 0.839. The van der Waals surface area contributed by atoms with Gasteiger partial charge in [0.1, 0.15) is 0 Å². The van der Waals surface area contributed by atoms with Crippen molar-refractivity contribution >= 4 is 5.91 Å². The first-order chi connectivity index (χ1) is 10.1. The third-order valence-corrected chi connectivity index (χ3v) is 3.99. The molecule has 0 atom stereocenters. The van der Waals surface area contributed by atoms with Crippen LogP contribution in [-0.4, -0.2) is 23.2 Å². The number of amides is 1. The molecule has 0 saturated heterocycles. The summed E-state index contributed by atoms with van der Waals surface area (Å²) < 4.78 is 0. The minimum absolute atomic E-state index is 0.00531. The molecule has 3 heteroatoms. The van der Waals surface area contributed by atoms with Crippen LogP contribution in [0.25, 0.3) is 0 Å². The van der Waals surface area contributed by atoms with Crippen LogP contribution in [0.3, 0.4) is 0 Å². The van der Waals surface area contributed by atoms with Crippen molar-refractivity contribution in [1.82, 2.24) is 5.32 Å². The van der Waals surface area contributed by atoms with E-state index in [2.05, 4.69) is 24.1 Å². The summed E-state index contributed by atoms with van der Waals surface area (Å²) in [6, 6.07) is 7.32. The van der Waals surface area contributed by atoms with Gasteiger partial charge in [-0.3, -0.25) is 4.79 Å². The number of rotatable bonds is 3. The van der Waals surface area contributed by atoms with Crippen molar-refractivity contribution in [2.24, 2.45) is 0 Å². The summed E-state index contributed by atoms with van der Waals surface area (Å²) in [4.78, 5) is 12.3. The molecular formula is C18H23NO2. The fraction of sp³-hybridized carbons (Fsp3) is 0.500. The number of hydrogen-bond acceptors (Lipinski definition) is 2. The zero-order valence-electron chi connectivity index (χ0n) is 12.6. The monoisotopic (exact) mass is 285 g/mol. The van der Waals surface area contributed by atoms with E-state index in [1.165, 1.54) is 19.3 Å². The van der Waals surface area contributed by atoms with Crippen molar-refractivity contribution in [3.63, 3.8) is 0 Å². The lowest BCUT2D eigenvalue weighted by Gasteiger charge is -2.34. The standard InChI is InChI=1S/C18H23NO2/c1-18(12-4-2-5-13-18)19-17(21)16-10-8-15(9-11-16)7-3-6-14-20/h8-11,20H,2,4-6,12-14H2,1H3,(H,19,21). The number of hydrogen-bond donors (Lipinski definition) is 2. The Balaban J connectivity index is 1.98. The Hall–Kier alpha value is -1.79. The molecule has 1 aliphatic carbocycles. The van der Waals surface area contributed by atoms with E-state index in [1.807, 2.05) is 24.3 Å². The zero-order chi connectivity index (χ0) is 15.1. The SMILES string of the molecule is CC1(NC(=O)c2ccc(C#CCCO)cc2)CCCCC1. The van der Waals surface area contributed by atoms with Crippen LogP contribution in [0.1, 0.15) is 61.4 Å². The average molecular weight is 285 g/mol. The lowest BCUT2D eigenvalue weighted by Crippen LogP contribution is -2.47. The van der Waals surface area contributed by atoms with E-state index in [0.29, 0.717) is 12.0 Å². The third-order valence-electron chi connectivity index (χ3n) is 3.99. The van der Waals surface area contributed by atoms with E-state index in [4.69, 9.17) is 5.11 Å². The van der Waals surface area contributed by atoms with Gasteiger partial charge in [0.25, 0.3) is 5.91 Å². The summed E-state index contributed by atoms with van der Waals surface area (Å²) in [5, 5.41) is 11.9. The van der Waals surface area contributed by atoms with Gasteiger partial charge < -0.3 is 10.4 Å². The molecule has 0 aromatic heterocycles. The molecule has 1 aromatic carbocycles. The second kappa shape index (κ2) is 7.28. The Morgan fingerprint density at radius 1 is 1.24 bits per heavy atom. The maximum absolute atomic E-state index is 12.3. The summed E-state index contributed by atoms with van der Waals surface area (Å²) >= 11 is 0. The highest BCUT2D eigenvalue weighted by Gasteiger charge is 2.28. The first kappa shape index (κ1) is 15.6. The molecule has 0 spiro atoms. The van der Waals surface area contributed by atoms with Crippen molar-refractivity contribution in [1.29, 1.82) is 0 Å². The van der Waals surface area contributed by atoms with Crippen LogP contribution in [0.4, 0.5) is 0 Å². The lowest BCUT2D eigenvalue weighted by molar-refractivity contribution is 0.0882. The minimum atomic E-state index is -0.0606. The summed E-state index contributed by atoms with van der Waals surface area (Å²) in [6.45, 7) is 2.21. The topological polar surface area (TPSA) is 49.3 Å². The summed E-state index contributed by atoms with van der Waals surface area (Å²) in [7, 11) is 0. The molecule has 1 aromatic rings. The van der Waals surface area contributed by atoms with Crippen LogP contribution < -0.4 is 5.32 Å². The highest BCUT2D eigenvalue weighted by atomic mass is 16.2. The van der Waals surface area contributed by atoms with Gasteiger partial charge in [0.05, 0.1) is 6.61 Å². The lowest BCUT2D eigenvalue weighted by atomic mass is 9.83. The number of nitrogens with one attached hydrogen (secondary N) is 1. The van der Waals surface area contributed by atoms with Crippen LogP contribution in [0, 0.1) is 11.8 Å². The molecule has 0 aliphatic heterocycles. The van der Waals surface area contributed by atoms with Gasteiger partial charge in [-0.1, -0.05) is 31.1 Å². The second-order valence-corrected chi connectivity index (χ2v) is 5.93. The van der Waals surface area contributed by atoms with Crippen molar-refractivity contribution in [3.05, 3.63) is 35.4 Å². The predicted octanol–water partition coefficient (Wildman–Crippen LogP) is 2.87. The summed E-state index contributed by atoms with van der Waals surface area (Å²) in [5.74, 6) is 5.82. The molecule has 0 bridgehead atoms. The molecule has 1 aliphatic rings. The van der Waals surface area contributed by atoms with Gasteiger partial charge in [0.2, 0.25) is 0 Å². The normalized spacial score (nSPS) is 16.7. The second-order valence-electron chi connectivity index (χ2n) is 5.93. The molecule has 21 heavy (non-hydrogen) atoms. The fourth-order valence-corrected chi connectivity index (χ4v) is 2.73. The van der Waals surface area contributed by atoms with Crippen molar-refractivity contribution < 1.29 is 9.90 Å². The maximum Gasteiger partial charge on any atom is 0.251 e. The van der Waals surface area contributed by atoms with E-state index in [1.54, 1.807) is 0 Å². The highest BCUT2D eigenvalue weighted by Crippen LogP contribution is 2.27. The summed E-state index contributed by atoms with van der Waals surface area (Å²) in [5.41, 5.74) is 1.48. The zero-order valence-corrected chi connectivity index (χ0v) is 12.6. The first-order valence-corrected chi connectivity index (χ1v) is 7.65. The maximum atomic E-state index is 12.3. The molecule has 2 rings (SSSR count). The number of aliphatic hydroxyl groups excluding tert-OH is 1.